The maximum absolute atomic E-state index is 5.47. The van der Waals surface area contributed by atoms with E-state index < -0.39 is 0 Å². The zero-order chi connectivity index (χ0) is 14.5. The summed E-state index contributed by atoms with van der Waals surface area (Å²) in [7, 11) is 1.72. The topological polar surface area (TPSA) is 24.5 Å². The van der Waals surface area contributed by atoms with Gasteiger partial charge >= 0.3 is 0 Å². The fraction of sp³-hybridized carbons (Fsp3) is 0.600. The van der Waals surface area contributed by atoms with E-state index in [9.17, 15) is 0 Å². The molecule has 1 heterocycles. The summed E-state index contributed by atoms with van der Waals surface area (Å²) >= 11 is 7.08. The Balaban J connectivity index is 1.88. The van der Waals surface area contributed by atoms with Crippen molar-refractivity contribution in [2.24, 2.45) is 5.92 Å². The van der Waals surface area contributed by atoms with Gasteiger partial charge in [-0.15, -0.1) is 0 Å². The van der Waals surface area contributed by atoms with Crippen molar-refractivity contribution in [1.29, 1.82) is 0 Å². The molecule has 3 nitrogen and oxygen atoms in total. The van der Waals surface area contributed by atoms with E-state index in [1.807, 2.05) is 6.07 Å². The van der Waals surface area contributed by atoms with Crippen molar-refractivity contribution in [3.05, 3.63) is 26.6 Å². The van der Waals surface area contributed by atoms with Crippen molar-refractivity contribution in [3.8, 4) is 5.75 Å². The summed E-state index contributed by atoms with van der Waals surface area (Å²) in [5.74, 6) is 1.69. The van der Waals surface area contributed by atoms with Crippen LogP contribution in [0, 0.1) is 5.92 Å². The molecular formula is C15H22Br2N2O. The smallest absolute Gasteiger partial charge is 0.137 e. The second-order valence-corrected chi connectivity index (χ2v) is 7.03. The van der Waals surface area contributed by atoms with Gasteiger partial charge in [-0.2, -0.15) is 0 Å². The molecule has 1 aromatic rings. The molecule has 0 bridgehead atoms. The van der Waals surface area contributed by atoms with Crippen LogP contribution in [-0.2, 0) is 6.54 Å². The lowest BCUT2D eigenvalue weighted by Gasteiger charge is -2.15. The summed E-state index contributed by atoms with van der Waals surface area (Å²) in [5.41, 5.74) is 1.18. The Morgan fingerprint density at radius 3 is 2.85 bits per heavy atom. The highest BCUT2D eigenvalue weighted by Gasteiger charge is 2.20. The molecule has 0 amide bonds. The minimum absolute atomic E-state index is 0.775. The van der Waals surface area contributed by atoms with Crippen LogP contribution in [0.2, 0.25) is 0 Å². The number of hydrogen-bond donors (Lipinski definition) is 1. The summed E-state index contributed by atoms with van der Waals surface area (Å²) < 4.78 is 7.53. The van der Waals surface area contributed by atoms with Crippen LogP contribution in [0.3, 0.4) is 0 Å². The number of nitrogens with one attached hydrogen (secondary N) is 1. The lowest BCUT2D eigenvalue weighted by molar-refractivity contribution is 0.338. The average molecular weight is 406 g/mol. The molecule has 0 saturated carbocycles. The average Bonchev–Trinajstić information content (AvgIpc) is 2.86. The summed E-state index contributed by atoms with van der Waals surface area (Å²) in [6.45, 7) is 7.79. The summed E-state index contributed by atoms with van der Waals surface area (Å²) in [4.78, 5) is 2.52. The molecule has 0 aromatic heterocycles. The van der Waals surface area contributed by atoms with Crippen LogP contribution in [0.5, 0.6) is 5.75 Å². The van der Waals surface area contributed by atoms with Gasteiger partial charge in [0.1, 0.15) is 5.75 Å². The first kappa shape index (κ1) is 16.3. The van der Waals surface area contributed by atoms with Gasteiger partial charge in [0.2, 0.25) is 0 Å². The van der Waals surface area contributed by atoms with E-state index in [1.54, 1.807) is 7.11 Å². The second kappa shape index (κ2) is 7.78. The highest BCUT2D eigenvalue weighted by Crippen LogP contribution is 2.32. The molecule has 112 valence electrons. The van der Waals surface area contributed by atoms with Crippen molar-refractivity contribution in [2.75, 3.05) is 33.3 Å². The SMILES string of the molecule is CCN1CCC(CNCc2cc(Br)cc(Br)c2OC)C1. The molecule has 1 aliphatic rings. The van der Waals surface area contributed by atoms with Gasteiger partial charge in [0.05, 0.1) is 11.6 Å². The number of ether oxygens (including phenoxy) is 1. The summed E-state index contributed by atoms with van der Waals surface area (Å²) in [5, 5.41) is 3.57. The third kappa shape index (κ3) is 4.20. The molecule has 5 heteroatoms. The Labute approximate surface area is 138 Å². The molecule has 1 aliphatic heterocycles. The second-order valence-electron chi connectivity index (χ2n) is 5.26. The first-order chi connectivity index (χ1) is 9.63. The maximum atomic E-state index is 5.47. The zero-order valence-corrected chi connectivity index (χ0v) is 15.3. The van der Waals surface area contributed by atoms with E-state index in [0.717, 1.165) is 33.7 Å². The van der Waals surface area contributed by atoms with E-state index in [2.05, 4.69) is 55.1 Å². The van der Waals surface area contributed by atoms with Gasteiger partial charge in [0, 0.05) is 23.1 Å². The number of benzene rings is 1. The van der Waals surface area contributed by atoms with Crippen LogP contribution in [0.1, 0.15) is 18.9 Å². The Kier molecular flexibility index (Phi) is 6.33. The third-order valence-corrected chi connectivity index (χ3v) is 4.90. The number of methoxy groups -OCH3 is 1. The number of halogens is 2. The number of hydrogen-bond acceptors (Lipinski definition) is 3. The Morgan fingerprint density at radius 2 is 2.20 bits per heavy atom. The predicted octanol–water partition coefficient (Wildman–Crippen LogP) is 3.65. The lowest BCUT2D eigenvalue weighted by atomic mass is 10.1. The quantitative estimate of drug-likeness (QED) is 0.781. The highest BCUT2D eigenvalue weighted by atomic mass is 79.9. The molecule has 1 saturated heterocycles. The molecular weight excluding hydrogens is 384 g/mol. The fourth-order valence-electron chi connectivity index (χ4n) is 2.75. The van der Waals surface area contributed by atoms with E-state index in [4.69, 9.17) is 4.74 Å². The van der Waals surface area contributed by atoms with E-state index in [1.165, 1.54) is 31.6 Å². The molecule has 0 aliphatic carbocycles. The molecule has 1 aromatic carbocycles. The van der Waals surface area contributed by atoms with Gasteiger partial charge in [0.15, 0.2) is 0 Å². The zero-order valence-electron chi connectivity index (χ0n) is 12.1. The van der Waals surface area contributed by atoms with E-state index >= 15 is 0 Å². The van der Waals surface area contributed by atoms with Crippen LogP contribution in [0.25, 0.3) is 0 Å². The van der Waals surface area contributed by atoms with Crippen molar-refractivity contribution in [2.45, 2.75) is 19.9 Å². The first-order valence-electron chi connectivity index (χ1n) is 7.09. The minimum atomic E-state index is 0.775. The predicted molar refractivity (Wildman–Crippen MR) is 90.3 cm³/mol. The molecule has 2 rings (SSSR count). The van der Waals surface area contributed by atoms with Gasteiger partial charge in [-0.3, -0.25) is 0 Å². The normalized spacial score (nSPS) is 19.5. The Bertz CT molecular complexity index is 454. The van der Waals surface area contributed by atoms with Crippen LogP contribution >= 0.6 is 31.9 Å². The van der Waals surface area contributed by atoms with Crippen LogP contribution < -0.4 is 10.1 Å². The number of likely N-dealkylation sites (tertiary alicyclic amines) is 1. The summed E-state index contributed by atoms with van der Waals surface area (Å²) in [6.07, 6.45) is 1.31. The fourth-order valence-corrected chi connectivity index (χ4v) is 4.23. The first-order valence-corrected chi connectivity index (χ1v) is 8.67. The van der Waals surface area contributed by atoms with Crippen molar-refractivity contribution < 1.29 is 4.74 Å². The largest absolute Gasteiger partial charge is 0.495 e. The number of nitrogens with zero attached hydrogens (tertiary/aromatic N) is 1. The van der Waals surface area contributed by atoms with Gasteiger partial charge in [-0.1, -0.05) is 22.9 Å². The van der Waals surface area contributed by atoms with Gasteiger partial charge in [0.25, 0.3) is 0 Å². The standard InChI is InChI=1S/C15H22Br2N2O/c1-3-19-5-4-11(10-19)8-18-9-12-6-13(16)7-14(17)15(12)20-2/h6-7,11,18H,3-5,8-10H2,1-2H3. The number of rotatable bonds is 6. The molecule has 0 spiro atoms. The molecule has 1 fully saturated rings. The highest BCUT2D eigenvalue weighted by molar-refractivity contribution is 9.11. The third-order valence-electron chi connectivity index (χ3n) is 3.86. The summed E-state index contributed by atoms with van der Waals surface area (Å²) in [6, 6.07) is 4.13. The lowest BCUT2D eigenvalue weighted by Crippen LogP contribution is -2.26. The van der Waals surface area contributed by atoms with Crippen LogP contribution in [0.4, 0.5) is 0 Å². The monoisotopic (exact) mass is 404 g/mol. The van der Waals surface area contributed by atoms with Gasteiger partial charge in [-0.05, 0) is 60.0 Å². The van der Waals surface area contributed by atoms with E-state index in [-0.39, 0.29) is 0 Å². The molecule has 1 N–H and O–H groups in total. The van der Waals surface area contributed by atoms with Crippen LogP contribution in [0.15, 0.2) is 21.1 Å². The Hall–Kier alpha value is -0.100. The molecule has 1 atom stereocenters. The minimum Gasteiger partial charge on any atom is -0.495 e. The van der Waals surface area contributed by atoms with Gasteiger partial charge < -0.3 is 15.0 Å². The molecule has 1 unspecified atom stereocenters. The molecule has 0 radical (unpaired) electrons. The van der Waals surface area contributed by atoms with E-state index in [0.29, 0.717) is 0 Å². The maximum Gasteiger partial charge on any atom is 0.137 e. The Morgan fingerprint density at radius 1 is 1.40 bits per heavy atom. The van der Waals surface area contributed by atoms with Gasteiger partial charge in [-0.25, -0.2) is 0 Å². The van der Waals surface area contributed by atoms with Crippen molar-refractivity contribution >= 4 is 31.9 Å². The molecule has 20 heavy (non-hydrogen) atoms. The van der Waals surface area contributed by atoms with Crippen molar-refractivity contribution in [3.63, 3.8) is 0 Å². The van der Waals surface area contributed by atoms with Crippen molar-refractivity contribution in [1.82, 2.24) is 10.2 Å². The van der Waals surface area contributed by atoms with Crippen LogP contribution in [-0.4, -0.2) is 38.2 Å².